The molecule has 0 aliphatic heterocycles. The van der Waals surface area contributed by atoms with Gasteiger partial charge in [0.2, 0.25) is 0 Å². The largest absolute Gasteiger partial charge is 0.388 e. The van der Waals surface area contributed by atoms with Gasteiger partial charge in [-0.2, -0.15) is 0 Å². The van der Waals surface area contributed by atoms with E-state index in [1.165, 1.54) is 0 Å². The average Bonchev–Trinajstić information content (AvgIpc) is 2.41. The van der Waals surface area contributed by atoms with Crippen molar-refractivity contribution in [3.05, 3.63) is 68.7 Å². The molecule has 2 aromatic carbocycles. The Morgan fingerprint density at radius 3 is 2.40 bits per heavy atom. The van der Waals surface area contributed by atoms with E-state index in [1.54, 1.807) is 6.07 Å². The number of hydrogen-bond acceptors (Lipinski definition) is 2. The lowest BCUT2D eigenvalue weighted by Crippen LogP contribution is -2.20. The highest BCUT2D eigenvalue weighted by atomic mass is 79.9. The van der Waals surface area contributed by atoms with Crippen molar-refractivity contribution in [1.29, 1.82) is 0 Å². The monoisotopic (exact) mass is 353 g/mol. The maximum atomic E-state index is 10.6. The van der Waals surface area contributed by atoms with E-state index in [0.29, 0.717) is 11.6 Å². The number of aliphatic hydroxyl groups excluding tert-OH is 1. The zero-order valence-electron chi connectivity index (χ0n) is 11.2. The van der Waals surface area contributed by atoms with Gasteiger partial charge in [0, 0.05) is 22.0 Å². The van der Waals surface area contributed by atoms with Crippen molar-refractivity contribution < 1.29 is 5.11 Å². The zero-order chi connectivity index (χ0) is 14.7. The normalized spacial score (nSPS) is 14.1. The van der Waals surface area contributed by atoms with E-state index in [4.69, 9.17) is 17.3 Å². The molecular formula is C16H17BrClNO. The Balaban J connectivity index is 2.33. The molecular weight excluding hydrogens is 338 g/mol. The van der Waals surface area contributed by atoms with E-state index in [2.05, 4.69) is 15.9 Å². The SMILES string of the molecule is Cc1cc(Cl)ccc1C(O)C(CN)c1ccc(Br)cc1. The number of benzene rings is 2. The van der Waals surface area contributed by atoms with Crippen LogP contribution in [0.4, 0.5) is 0 Å². The molecule has 0 saturated heterocycles. The van der Waals surface area contributed by atoms with Gasteiger partial charge in [0.1, 0.15) is 0 Å². The van der Waals surface area contributed by atoms with Gasteiger partial charge in [-0.25, -0.2) is 0 Å². The standard InChI is InChI=1S/C16H17BrClNO/c1-10-8-13(18)6-7-14(10)16(20)15(9-19)11-2-4-12(17)5-3-11/h2-8,15-16,20H,9,19H2,1H3. The van der Waals surface area contributed by atoms with Crippen LogP contribution in [0.1, 0.15) is 28.7 Å². The first-order valence-electron chi connectivity index (χ1n) is 6.42. The third kappa shape index (κ3) is 3.41. The minimum absolute atomic E-state index is 0.136. The van der Waals surface area contributed by atoms with Gasteiger partial charge in [0.05, 0.1) is 6.10 Å². The van der Waals surface area contributed by atoms with Crippen LogP contribution in [0.2, 0.25) is 5.02 Å². The van der Waals surface area contributed by atoms with Gasteiger partial charge in [0.25, 0.3) is 0 Å². The molecule has 0 bridgehead atoms. The van der Waals surface area contributed by atoms with E-state index in [9.17, 15) is 5.11 Å². The van der Waals surface area contributed by atoms with E-state index >= 15 is 0 Å². The molecule has 0 fully saturated rings. The van der Waals surface area contributed by atoms with E-state index in [-0.39, 0.29) is 5.92 Å². The number of aryl methyl sites for hydroxylation is 1. The van der Waals surface area contributed by atoms with Crippen molar-refractivity contribution in [1.82, 2.24) is 0 Å². The van der Waals surface area contributed by atoms with Gasteiger partial charge in [-0.05, 0) is 47.9 Å². The van der Waals surface area contributed by atoms with Crippen LogP contribution >= 0.6 is 27.5 Å². The summed E-state index contributed by atoms with van der Waals surface area (Å²) in [5.74, 6) is -0.136. The van der Waals surface area contributed by atoms with Gasteiger partial charge in [-0.1, -0.05) is 45.7 Å². The maximum absolute atomic E-state index is 10.6. The summed E-state index contributed by atoms with van der Waals surface area (Å²) in [6, 6.07) is 13.4. The van der Waals surface area contributed by atoms with Crippen LogP contribution in [0.25, 0.3) is 0 Å². The summed E-state index contributed by atoms with van der Waals surface area (Å²) >= 11 is 9.37. The van der Waals surface area contributed by atoms with Gasteiger partial charge in [0.15, 0.2) is 0 Å². The first-order chi connectivity index (χ1) is 9.52. The quantitative estimate of drug-likeness (QED) is 0.865. The molecule has 0 aliphatic carbocycles. The Morgan fingerprint density at radius 2 is 1.85 bits per heavy atom. The molecule has 0 radical (unpaired) electrons. The lowest BCUT2D eigenvalue weighted by molar-refractivity contribution is 0.147. The van der Waals surface area contributed by atoms with Crippen molar-refractivity contribution in [3.8, 4) is 0 Å². The molecule has 2 rings (SSSR count). The Labute approximate surface area is 132 Å². The minimum Gasteiger partial charge on any atom is -0.388 e. The third-order valence-corrected chi connectivity index (χ3v) is 4.25. The molecule has 0 heterocycles. The zero-order valence-corrected chi connectivity index (χ0v) is 13.5. The third-order valence-electron chi connectivity index (χ3n) is 3.48. The molecule has 106 valence electrons. The van der Waals surface area contributed by atoms with Crippen LogP contribution in [0.3, 0.4) is 0 Å². The lowest BCUT2D eigenvalue weighted by atomic mass is 9.87. The van der Waals surface area contributed by atoms with E-state index < -0.39 is 6.10 Å². The molecule has 2 unspecified atom stereocenters. The second-order valence-corrected chi connectivity index (χ2v) is 6.19. The number of nitrogens with two attached hydrogens (primary N) is 1. The highest BCUT2D eigenvalue weighted by Gasteiger charge is 2.22. The van der Waals surface area contributed by atoms with Crippen LogP contribution in [0.15, 0.2) is 46.9 Å². The van der Waals surface area contributed by atoms with Crippen molar-refractivity contribution >= 4 is 27.5 Å². The first-order valence-corrected chi connectivity index (χ1v) is 7.59. The number of rotatable bonds is 4. The van der Waals surface area contributed by atoms with Crippen molar-refractivity contribution in [2.24, 2.45) is 5.73 Å². The van der Waals surface area contributed by atoms with Crippen molar-refractivity contribution in [3.63, 3.8) is 0 Å². The molecule has 3 N–H and O–H groups in total. The fraction of sp³-hybridized carbons (Fsp3) is 0.250. The summed E-state index contributed by atoms with van der Waals surface area (Å²) in [5.41, 5.74) is 8.73. The summed E-state index contributed by atoms with van der Waals surface area (Å²) in [5, 5.41) is 11.3. The van der Waals surface area contributed by atoms with Crippen LogP contribution in [-0.4, -0.2) is 11.7 Å². The summed E-state index contributed by atoms with van der Waals surface area (Å²) in [7, 11) is 0. The van der Waals surface area contributed by atoms with E-state index in [0.717, 1.165) is 21.2 Å². The second-order valence-electron chi connectivity index (χ2n) is 4.84. The van der Waals surface area contributed by atoms with Crippen molar-refractivity contribution in [2.45, 2.75) is 18.9 Å². The fourth-order valence-electron chi connectivity index (χ4n) is 2.34. The summed E-state index contributed by atoms with van der Waals surface area (Å²) in [6.07, 6.45) is -0.640. The molecule has 2 nitrogen and oxygen atoms in total. The Morgan fingerprint density at radius 1 is 1.20 bits per heavy atom. The summed E-state index contributed by atoms with van der Waals surface area (Å²) < 4.78 is 1.01. The Hall–Kier alpha value is -0.870. The molecule has 0 amide bonds. The van der Waals surface area contributed by atoms with Gasteiger partial charge in [-0.3, -0.25) is 0 Å². The number of halogens is 2. The van der Waals surface area contributed by atoms with Crippen LogP contribution in [-0.2, 0) is 0 Å². The van der Waals surface area contributed by atoms with Crippen molar-refractivity contribution in [2.75, 3.05) is 6.54 Å². The first kappa shape index (κ1) is 15.5. The molecule has 0 saturated carbocycles. The Bertz CT molecular complexity index is 586. The van der Waals surface area contributed by atoms with Crippen LogP contribution in [0, 0.1) is 6.92 Å². The van der Waals surface area contributed by atoms with E-state index in [1.807, 2.05) is 43.3 Å². The predicted octanol–water partition coefficient (Wildman–Crippen LogP) is 4.19. The molecule has 2 aromatic rings. The Kier molecular flexibility index (Phi) is 5.22. The molecule has 20 heavy (non-hydrogen) atoms. The number of aliphatic hydroxyl groups is 1. The molecule has 2 atom stereocenters. The van der Waals surface area contributed by atoms with Gasteiger partial charge in [-0.15, -0.1) is 0 Å². The van der Waals surface area contributed by atoms with Crippen LogP contribution in [0.5, 0.6) is 0 Å². The second kappa shape index (κ2) is 6.72. The predicted molar refractivity (Wildman–Crippen MR) is 87.1 cm³/mol. The highest BCUT2D eigenvalue weighted by Crippen LogP contribution is 2.33. The maximum Gasteiger partial charge on any atom is 0.0873 e. The lowest BCUT2D eigenvalue weighted by Gasteiger charge is -2.24. The topological polar surface area (TPSA) is 46.2 Å². The average molecular weight is 355 g/mol. The smallest absolute Gasteiger partial charge is 0.0873 e. The molecule has 4 heteroatoms. The summed E-state index contributed by atoms with van der Waals surface area (Å²) in [4.78, 5) is 0. The van der Waals surface area contributed by atoms with Gasteiger partial charge < -0.3 is 10.8 Å². The highest BCUT2D eigenvalue weighted by molar-refractivity contribution is 9.10. The van der Waals surface area contributed by atoms with Gasteiger partial charge >= 0.3 is 0 Å². The van der Waals surface area contributed by atoms with Crippen LogP contribution < -0.4 is 5.73 Å². The fourth-order valence-corrected chi connectivity index (χ4v) is 2.84. The molecule has 0 spiro atoms. The molecule has 0 aromatic heterocycles. The minimum atomic E-state index is -0.640. The summed E-state index contributed by atoms with van der Waals surface area (Å²) in [6.45, 7) is 2.32. The molecule has 0 aliphatic rings. The number of hydrogen-bond donors (Lipinski definition) is 2.